The number of aromatic nitrogens is 1. The van der Waals surface area contributed by atoms with Crippen molar-refractivity contribution in [1.82, 2.24) is 14.2 Å². The van der Waals surface area contributed by atoms with Gasteiger partial charge in [0.25, 0.3) is 5.91 Å². The molecule has 2 aromatic carbocycles. The van der Waals surface area contributed by atoms with Crippen LogP contribution in [0, 0.1) is 0 Å². The number of rotatable bonds is 10. The standard InChI is InChI=1S/C25H32N4O4S3/c1-4-27(5-2)12-13-29(25-26-22-11-8-20(34-3)18-23(22)35-25)24(30)19-6-9-21(10-7-19)36(31,32)28-14-16-33-17-15-28/h6-11,18H,4-5,12-17H2,1-3H3. The van der Waals surface area contributed by atoms with E-state index in [-0.39, 0.29) is 10.8 Å². The molecule has 11 heteroatoms. The molecule has 1 fully saturated rings. The van der Waals surface area contributed by atoms with Gasteiger partial charge in [-0.05, 0) is 61.8 Å². The van der Waals surface area contributed by atoms with Crippen molar-refractivity contribution in [3.05, 3.63) is 48.0 Å². The maximum absolute atomic E-state index is 13.7. The molecular weight excluding hydrogens is 517 g/mol. The van der Waals surface area contributed by atoms with E-state index in [2.05, 4.69) is 24.8 Å². The summed E-state index contributed by atoms with van der Waals surface area (Å²) in [7, 11) is -3.62. The Morgan fingerprint density at radius 1 is 1.08 bits per heavy atom. The Kier molecular flexibility index (Phi) is 9.02. The Morgan fingerprint density at radius 3 is 2.42 bits per heavy atom. The summed E-state index contributed by atoms with van der Waals surface area (Å²) in [5.74, 6) is -0.193. The number of carbonyl (C=O) groups excluding carboxylic acids is 1. The predicted octanol–water partition coefficient (Wildman–Crippen LogP) is 4.03. The van der Waals surface area contributed by atoms with Crippen molar-refractivity contribution in [2.45, 2.75) is 23.6 Å². The van der Waals surface area contributed by atoms with Crippen LogP contribution in [0.5, 0.6) is 0 Å². The number of hydrogen-bond donors (Lipinski definition) is 0. The minimum absolute atomic E-state index is 0.181. The second-order valence-electron chi connectivity index (χ2n) is 8.35. The number of ether oxygens (including phenoxy) is 1. The molecule has 2 heterocycles. The molecule has 0 bridgehead atoms. The van der Waals surface area contributed by atoms with E-state index in [1.165, 1.54) is 27.8 Å². The Balaban J connectivity index is 1.62. The summed E-state index contributed by atoms with van der Waals surface area (Å²) in [6.07, 6.45) is 2.03. The van der Waals surface area contributed by atoms with Gasteiger partial charge in [-0.3, -0.25) is 9.69 Å². The molecule has 0 radical (unpaired) electrons. The van der Waals surface area contributed by atoms with Gasteiger partial charge in [0.15, 0.2) is 5.13 Å². The molecule has 1 aliphatic rings. The van der Waals surface area contributed by atoms with Crippen molar-refractivity contribution in [1.29, 1.82) is 0 Å². The molecule has 194 valence electrons. The number of likely N-dealkylation sites (N-methyl/N-ethyl adjacent to an activating group) is 1. The molecule has 0 saturated carbocycles. The van der Waals surface area contributed by atoms with Crippen LogP contribution in [0.25, 0.3) is 10.2 Å². The third-order valence-corrected chi connectivity index (χ3v) is 9.98. The quantitative estimate of drug-likeness (QED) is 0.354. The summed E-state index contributed by atoms with van der Waals surface area (Å²) in [5.41, 5.74) is 1.29. The Bertz CT molecular complexity index is 1280. The maximum Gasteiger partial charge on any atom is 0.260 e. The topological polar surface area (TPSA) is 83.1 Å². The SMILES string of the molecule is CCN(CC)CCN(C(=O)c1ccc(S(=O)(=O)N2CCOCC2)cc1)c1nc2ccc(SC)cc2s1. The molecular formula is C25H32N4O4S3. The van der Waals surface area contributed by atoms with Gasteiger partial charge in [-0.2, -0.15) is 4.31 Å². The summed E-state index contributed by atoms with van der Waals surface area (Å²) in [4.78, 5) is 23.8. The van der Waals surface area contributed by atoms with Crippen LogP contribution in [0.3, 0.4) is 0 Å². The Hall–Kier alpha value is -2.02. The van der Waals surface area contributed by atoms with Gasteiger partial charge < -0.3 is 9.64 Å². The smallest absolute Gasteiger partial charge is 0.260 e. The number of morpholine rings is 1. The number of amides is 1. The molecule has 4 rings (SSSR count). The fourth-order valence-electron chi connectivity index (χ4n) is 4.06. The van der Waals surface area contributed by atoms with Gasteiger partial charge in [0, 0.05) is 36.6 Å². The third-order valence-electron chi connectivity index (χ3n) is 6.30. The van der Waals surface area contributed by atoms with Crippen LogP contribution >= 0.6 is 23.1 Å². The second-order valence-corrected chi connectivity index (χ2v) is 12.2. The monoisotopic (exact) mass is 548 g/mol. The molecule has 3 aromatic rings. The van der Waals surface area contributed by atoms with Gasteiger partial charge in [-0.25, -0.2) is 13.4 Å². The van der Waals surface area contributed by atoms with E-state index in [1.54, 1.807) is 28.8 Å². The molecule has 0 atom stereocenters. The number of carbonyl (C=O) groups is 1. The molecule has 0 N–H and O–H groups in total. The van der Waals surface area contributed by atoms with Gasteiger partial charge in [-0.1, -0.05) is 25.2 Å². The largest absolute Gasteiger partial charge is 0.379 e. The lowest BCUT2D eigenvalue weighted by molar-refractivity contribution is 0.0730. The lowest BCUT2D eigenvalue weighted by Gasteiger charge is -2.26. The first-order valence-electron chi connectivity index (χ1n) is 12.0. The highest BCUT2D eigenvalue weighted by molar-refractivity contribution is 7.98. The van der Waals surface area contributed by atoms with E-state index in [0.29, 0.717) is 50.1 Å². The van der Waals surface area contributed by atoms with E-state index in [0.717, 1.165) is 28.2 Å². The van der Waals surface area contributed by atoms with Gasteiger partial charge >= 0.3 is 0 Å². The van der Waals surface area contributed by atoms with Crippen LogP contribution in [0.15, 0.2) is 52.3 Å². The average Bonchev–Trinajstić information content (AvgIpc) is 3.34. The molecule has 1 aromatic heterocycles. The average molecular weight is 549 g/mol. The van der Waals surface area contributed by atoms with Crippen molar-refractivity contribution in [3.63, 3.8) is 0 Å². The first kappa shape index (κ1) is 27.0. The van der Waals surface area contributed by atoms with E-state index < -0.39 is 10.0 Å². The van der Waals surface area contributed by atoms with Crippen LogP contribution in [-0.2, 0) is 14.8 Å². The van der Waals surface area contributed by atoms with Crippen molar-refractivity contribution >= 4 is 54.4 Å². The van der Waals surface area contributed by atoms with Crippen molar-refractivity contribution in [2.24, 2.45) is 0 Å². The number of nitrogens with zero attached hydrogens (tertiary/aromatic N) is 4. The summed E-state index contributed by atoms with van der Waals surface area (Å²) in [6.45, 7) is 8.63. The zero-order chi connectivity index (χ0) is 25.7. The van der Waals surface area contributed by atoms with Crippen LogP contribution in [0.4, 0.5) is 5.13 Å². The molecule has 36 heavy (non-hydrogen) atoms. The highest BCUT2D eigenvalue weighted by Crippen LogP contribution is 2.32. The van der Waals surface area contributed by atoms with Crippen molar-refractivity contribution in [2.75, 3.05) is 63.6 Å². The normalized spacial score (nSPS) is 15.0. The molecule has 1 saturated heterocycles. The van der Waals surface area contributed by atoms with Crippen molar-refractivity contribution in [3.8, 4) is 0 Å². The minimum Gasteiger partial charge on any atom is -0.379 e. The Labute approximate surface area is 221 Å². The van der Waals surface area contributed by atoms with Crippen LogP contribution in [-0.4, -0.2) is 87.3 Å². The molecule has 1 amide bonds. The van der Waals surface area contributed by atoms with Crippen LogP contribution in [0.2, 0.25) is 0 Å². The fourth-order valence-corrected chi connectivity index (χ4v) is 7.01. The molecule has 0 unspecified atom stereocenters. The number of sulfonamides is 1. The summed E-state index contributed by atoms with van der Waals surface area (Å²) >= 11 is 3.17. The lowest BCUT2D eigenvalue weighted by atomic mass is 10.2. The zero-order valence-corrected chi connectivity index (χ0v) is 23.3. The number of anilines is 1. The van der Waals surface area contributed by atoms with Gasteiger partial charge in [0.1, 0.15) is 0 Å². The fraction of sp³-hybridized carbons (Fsp3) is 0.440. The van der Waals surface area contributed by atoms with Gasteiger partial charge in [0.2, 0.25) is 10.0 Å². The molecule has 8 nitrogen and oxygen atoms in total. The Morgan fingerprint density at radius 2 is 1.78 bits per heavy atom. The van der Waals surface area contributed by atoms with Crippen LogP contribution < -0.4 is 4.90 Å². The third kappa shape index (κ3) is 5.92. The lowest BCUT2D eigenvalue weighted by Crippen LogP contribution is -2.40. The molecule has 0 spiro atoms. The zero-order valence-electron chi connectivity index (χ0n) is 20.8. The summed E-state index contributed by atoms with van der Waals surface area (Å²) in [6, 6.07) is 12.3. The highest BCUT2D eigenvalue weighted by atomic mass is 32.2. The first-order chi connectivity index (χ1) is 17.4. The van der Waals surface area contributed by atoms with E-state index in [4.69, 9.17) is 9.72 Å². The number of hydrogen-bond acceptors (Lipinski definition) is 8. The number of fused-ring (bicyclic) bond motifs is 1. The number of thioether (sulfide) groups is 1. The van der Waals surface area contributed by atoms with Crippen molar-refractivity contribution < 1.29 is 17.9 Å². The highest BCUT2D eigenvalue weighted by Gasteiger charge is 2.27. The first-order valence-corrected chi connectivity index (χ1v) is 15.5. The van der Waals surface area contributed by atoms with E-state index in [9.17, 15) is 13.2 Å². The van der Waals surface area contributed by atoms with Gasteiger partial charge in [-0.15, -0.1) is 11.8 Å². The number of benzene rings is 2. The summed E-state index contributed by atoms with van der Waals surface area (Å²) in [5, 5.41) is 0.644. The molecule has 0 aliphatic carbocycles. The predicted molar refractivity (Wildman–Crippen MR) is 147 cm³/mol. The van der Waals surface area contributed by atoms with E-state index in [1.807, 2.05) is 18.4 Å². The maximum atomic E-state index is 13.7. The van der Waals surface area contributed by atoms with Crippen LogP contribution in [0.1, 0.15) is 24.2 Å². The molecule has 1 aliphatic heterocycles. The minimum atomic E-state index is -3.62. The van der Waals surface area contributed by atoms with Gasteiger partial charge in [0.05, 0.1) is 28.3 Å². The second kappa shape index (κ2) is 12.0. The summed E-state index contributed by atoms with van der Waals surface area (Å²) < 4.78 is 33.7. The number of thiazole rings is 1. The van der Waals surface area contributed by atoms with E-state index >= 15 is 0 Å².